The summed E-state index contributed by atoms with van der Waals surface area (Å²) in [5.74, 6) is -1.14. The number of hydrogen-bond acceptors (Lipinski definition) is 4. The minimum atomic E-state index is -3.51. The maximum atomic E-state index is 11.6. The van der Waals surface area contributed by atoms with Gasteiger partial charge in [0.05, 0.1) is 34.9 Å². The van der Waals surface area contributed by atoms with E-state index in [-0.39, 0.29) is 11.3 Å². The highest BCUT2D eigenvalue weighted by molar-refractivity contribution is 7.92. The summed E-state index contributed by atoms with van der Waals surface area (Å²) in [6.07, 6.45) is 3.31. The van der Waals surface area contributed by atoms with E-state index in [1.54, 1.807) is 10.9 Å². The van der Waals surface area contributed by atoms with E-state index >= 15 is 0 Å². The molecule has 0 radical (unpaired) electrons. The Morgan fingerprint density at radius 3 is 2.60 bits per heavy atom. The molecule has 0 atom stereocenters. The van der Waals surface area contributed by atoms with Crippen LogP contribution in [0.3, 0.4) is 0 Å². The molecule has 7 nitrogen and oxygen atoms in total. The van der Waals surface area contributed by atoms with Crippen molar-refractivity contribution in [2.45, 2.75) is 13.0 Å². The third kappa shape index (κ3) is 3.97. The highest BCUT2D eigenvalue weighted by Gasteiger charge is 2.17. The van der Waals surface area contributed by atoms with Gasteiger partial charge in [0.25, 0.3) is 0 Å². The Balaban J connectivity index is 1.99. The average Bonchev–Trinajstić information content (AvgIpc) is 2.94. The Morgan fingerprint density at radius 1 is 1.24 bits per heavy atom. The molecule has 130 valence electrons. The van der Waals surface area contributed by atoms with Crippen LogP contribution < -0.4 is 4.72 Å². The number of aromatic nitrogens is 2. The summed E-state index contributed by atoms with van der Waals surface area (Å²) in [4.78, 5) is 15.9. The number of carbonyl (C=O) groups is 1. The number of carboxylic acids is 1. The van der Waals surface area contributed by atoms with Gasteiger partial charge in [0.15, 0.2) is 0 Å². The van der Waals surface area contributed by atoms with Gasteiger partial charge in [-0.25, -0.2) is 18.2 Å². The molecule has 0 bridgehead atoms. The quantitative estimate of drug-likeness (QED) is 0.703. The lowest BCUT2D eigenvalue weighted by Gasteiger charge is -2.09. The minimum Gasteiger partial charge on any atom is -0.478 e. The molecule has 3 rings (SSSR count). The molecule has 0 aliphatic heterocycles. The van der Waals surface area contributed by atoms with Crippen molar-refractivity contribution in [2.24, 2.45) is 0 Å². The van der Waals surface area contributed by atoms with Crippen molar-refractivity contribution in [1.82, 2.24) is 9.55 Å². The summed E-state index contributed by atoms with van der Waals surface area (Å²) in [6, 6.07) is 12.7. The molecule has 2 N–H and O–H groups in total. The van der Waals surface area contributed by atoms with Gasteiger partial charge >= 0.3 is 5.97 Å². The first-order valence-electron chi connectivity index (χ1n) is 7.57. The van der Waals surface area contributed by atoms with Crippen molar-refractivity contribution in [2.75, 3.05) is 11.0 Å². The van der Waals surface area contributed by atoms with E-state index in [4.69, 9.17) is 0 Å². The van der Waals surface area contributed by atoms with Crippen molar-refractivity contribution in [3.05, 3.63) is 59.9 Å². The topological polar surface area (TPSA) is 101 Å². The highest BCUT2D eigenvalue weighted by atomic mass is 32.2. The zero-order valence-corrected chi connectivity index (χ0v) is 14.3. The SMILES string of the molecule is CS(=O)(=O)Nc1cc(C(=O)O)c2c(c1)ncn2CCc1ccccc1. The first-order valence-corrected chi connectivity index (χ1v) is 9.46. The van der Waals surface area contributed by atoms with Crippen LogP contribution in [0, 0.1) is 0 Å². The third-order valence-electron chi connectivity index (χ3n) is 3.73. The lowest BCUT2D eigenvalue weighted by atomic mass is 10.1. The number of sulfonamides is 1. The van der Waals surface area contributed by atoms with Gasteiger partial charge in [-0.05, 0) is 24.1 Å². The minimum absolute atomic E-state index is 0.00853. The molecule has 0 aliphatic carbocycles. The predicted octanol–water partition coefficient (Wildman–Crippen LogP) is 2.35. The molecule has 0 unspecified atom stereocenters. The van der Waals surface area contributed by atoms with Crippen LogP contribution in [0.4, 0.5) is 5.69 Å². The van der Waals surface area contributed by atoms with Crippen LogP contribution in [0.15, 0.2) is 48.8 Å². The molecule has 0 amide bonds. The summed E-state index contributed by atoms with van der Waals surface area (Å²) in [7, 11) is -3.51. The molecule has 0 saturated heterocycles. The number of aryl methyl sites for hydroxylation is 2. The lowest BCUT2D eigenvalue weighted by molar-refractivity contribution is 0.0698. The van der Waals surface area contributed by atoms with Gasteiger partial charge in [-0.2, -0.15) is 0 Å². The summed E-state index contributed by atoms with van der Waals surface area (Å²) < 4.78 is 26.9. The smallest absolute Gasteiger partial charge is 0.337 e. The number of benzene rings is 2. The van der Waals surface area contributed by atoms with E-state index in [0.29, 0.717) is 17.6 Å². The molecule has 0 fully saturated rings. The predicted molar refractivity (Wildman–Crippen MR) is 95.3 cm³/mol. The second kappa shape index (κ2) is 6.56. The fourth-order valence-electron chi connectivity index (χ4n) is 2.71. The molecule has 1 aromatic heterocycles. The van der Waals surface area contributed by atoms with E-state index in [0.717, 1.165) is 18.2 Å². The van der Waals surface area contributed by atoms with E-state index in [9.17, 15) is 18.3 Å². The molecule has 0 spiro atoms. The number of hydrogen-bond donors (Lipinski definition) is 2. The van der Waals surface area contributed by atoms with Crippen molar-refractivity contribution >= 4 is 32.7 Å². The number of carboxylic acid groups (broad SMARTS) is 1. The van der Waals surface area contributed by atoms with Gasteiger partial charge in [0.1, 0.15) is 0 Å². The van der Waals surface area contributed by atoms with Crippen molar-refractivity contribution < 1.29 is 18.3 Å². The Morgan fingerprint density at radius 2 is 1.96 bits per heavy atom. The van der Waals surface area contributed by atoms with E-state index in [2.05, 4.69) is 9.71 Å². The number of fused-ring (bicyclic) bond motifs is 1. The monoisotopic (exact) mass is 359 g/mol. The Bertz CT molecular complexity index is 1030. The second-order valence-corrected chi connectivity index (χ2v) is 7.49. The number of rotatable bonds is 6. The summed E-state index contributed by atoms with van der Waals surface area (Å²) in [6.45, 7) is 0.569. The van der Waals surface area contributed by atoms with Crippen molar-refractivity contribution in [1.29, 1.82) is 0 Å². The van der Waals surface area contributed by atoms with E-state index in [1.807, 2.05) is 30.3 Å². The largest absolute Gasteiger partial charge is 0.478 e. The fraction of sp³-hybridized carbons (Fsp3) is 0.176. The van der Waals surface area contributed by atoms with Crippen LogP contribution >= 0.6 is 0 Å². The number of aromatic carboxylic acids is 1. The van der Waals surface area contributed by atoms with Crippen molar-refractivity contribution in [3.8, 4) is 0 Å². The van der Waals surface area contributed by atoms with Crippen LogP contribution in [0.5, 0.6) is 0 Å². The molecule has 1 heterocycles. The fourth-order valence-corrected chi connectivity index (χ4v) is 3.25. The first-order chi connectivity index (χ1) is 11.8. The second-order valence-electron chi connectivity index (χ2n) is 5.74. The van der Waals surface area contributed by atoms with Gasteiger partial charge in [-0.1, -0.05) is 30.3 Å². The normalized spacial score (nSPS) is 11.6. The van der Waals surface area contributed by atoms with Gasteiger partial charge in [0, 0.05) is 6.54 Å². The highest BCUT2D eigenvalue weighted by Crippen LogP contribution is 2.24. The average molecular weight is 359 g/mol. The van der Waals surface area contributed by atoms with Crippen molar-refractivity contribution in [3.63, 3.8) is 0 Å². The third-order valence-corrected chi connectivity index (χ3v) is 4.34. The molecular weight excluding hydrogens is 342 g/mol. The van der Waals surface area contributed by atoms with Crippen LogP contribution in [0.25, 0.3) is 11.0 Å². The van der Waals surface area contributed by atoms with Gasteiger partial charge in [-0.15, -0.1) is 0 Å². The molecule has 2 aromatic carbocycles. The number of anilines is 1. The molecule has 0 saturated carbocycles. The van der Waals surface area contributed by atoms with Gasteiger partial charge in [0.2, 0.25) is 10.0 Å². The van der Waals surface area contributed by atoms with E-state index in [1.165, 1.54) is 12.1 Å². The van der Waals surface area contributed by atoms with Gasteiger partial charge in [-0.3, -0.25) is 4.72 Å². The summed E-state index contributed by atoms with van der Waals surface area (Å²) in [5.41, 5.74) is 2.23. The molecule has 8 heteroatoms. The lowest BCUT2D eigenvalue weighted by Crippen LogP contribution is -2.11. The van der Waals surface area contributed by atoms with Gasteiger partial charge < -0.3 is 9.67 Å². The maximum absolute atomic E-state index is 11.6. The van der Waals surface area contributed by atoms with Crippen LogP contribution in [0.1, 0.15) is 15.9 Å². The number of nitrogens with zero attached hydrogens (tertiary/aromatic N) is 2. The zero-order chi connectivity index (χ0) is 18.0. The molecular formula is C17H17N3O4S. The molecule has 0 aliphatic rings. The number of imidazole rings is 1. The molecule has 25 heavy (non-hydrogen) atoms. The number of nitrogens with one attached hydrogen (secondary N) is 1. The van der Waals surface area contributed by atoms with E-state index < -0.39 is 16.0 Å². The zero-order valence-electron chi connectivity index (χ0n) is 13.5. The summed E-state index contributed by atoms with van der Waals surface area (Å²) >= 11 is 0. The Labute approximate surface area is 145 Å². The molecule has 3 aromatic rings. The van der Waals surface area contributed by atoms with Crippen LogP contribution in [-0.4, -0.2) is 35.3 Å². The Kier molecular flexibility index (Phi) is 4.45. The van der Waals surface area contributed by atoms with Crippen LogP contribution in [0.2, 0.25) is 0 Å². The maximum Gasteiger partial charge on any atom is 0.337 e. The Hall–Kier alpha value is -2.87. The summed E-state index contributed by atoms with van der Waals surface area (Å²) in [5, 5.41) is 9.52. The first kappa shape index (κ1) is 17.0. The van der Waals surface area contributed by atoms with Crippen LogP contribution in [-0.2, 0) is 23.0 Å². The standard InChI is InChI=1S/C17H17N3O4S/c1-25(23,24)19-13-9-14(17(21)22)16-15(10-13)18-11-20(16)8-7-12-5-3-2-4-6-12/h2-6,9-11,19H,7-8H2,1H3,(H,21,22).